The van der Waals surface area contributed by atoms with Gasteiger partial charge < -0.3 is 21.9 Å². The Morgan fingerprint density at radius 1 is 0.400 bits per heavy atom. The van der Waals surface area contributed by atoms with Crippen LogP contribution in [0, 0.1) is 39.9 Å². The van der Waals surface area contributed by atoms with Crippen LogP contribution in [0.25, 0.3) is 0 Å². The fourth-order valence-corrected chi connectivity index (χ4v) is 0. The van der Waals surface area contributed by atoms with Crippen molar-refractivity contribution in [2.24, 2.45) is 0 Å². The number of hydrogen-bond donors (Lipinski definition) is 0. The van der Waals surface area contributed by atoms with Crippen LogP contribution in [0.2, 0.25) is 0 Å². The van der Waals surface area contributed by atoms with Crippen molar-refractivity contribution in [1.29, 1.82) is 0 Å². The van der Waals surface area contributed by atoms with Gasteiger partial charge in [0, 0.05) is 39.9 Å². The van der Waals surface area contributed by atoms with Crippen molar-refractivity contribution in [2.75, 3.05) is 0 Å². The van der Waals surface area contributed by atoms with Gasteiger partial charge in [-0.05, 0) is 0 Å². The minimum atomic E-state index is 0. The third kappa shape index (κ3) is 38.1. The molecule has 0 aromatic rings. The van der Waals surface area contributed by atoms with E-state index in [0.717, 1.165) is 0 Å². The van der Waals surface area contributed by atoms with Gasteiger partial charge in [-0.15, -0.1) is 0 Å². The third-order valence-corrected chi connectivity index (χ3v) is 0. The zero-order chi connectivity index (χ0) is 0. The molecular formula is H8GdO4. The smallest absolute Gasteiger partial charge is 0 e. The Balaban J connectivity index is 0. The predicted molar refractivity (Wildman–Crippen MR) is 14.5 cm³/mol. The second kappa shape index (κ2) is 66.0. The molecule has 0 bridgehead atoms. The van der Waals surface area contributed by atoms with Gasteiger partial charge in [0.25, 0.3) is 0 Å². The Morgan fingerprint density at radius 2 is 0.400 bits per heavy atom. The molecule has 5 heavy (non-hydrogen) atoms. The van der Waals surface area contributed by atoms with E-state index >= 15 is 0 Å². The fraction of sp³-hybridized carbons (Fsp3) is 0. The van der Waals surface area contributed by atoms with Crippen LogP contribution < -0.4 is 0 Å². The molecule has 0 unspecified atom stereocenters. The maximum absolute atomic E-state index is 0. The second-order valence-corrected chi connectivity index (χ2v) is 0. The maximum Gasteiger partial charge on any atom is 0 e. The predicted octanol–water partition coefficient (Wildman–Crippen LogP) is -3.30. The van der Waals surface area contributed by atoms with E-state index in [1.54, 1.807) is 0 Å². The summed E-state index contributed by atoms with van der Waals surface area (Å²) >= 11 is 0. The third-order valence-electron chi connectivity index (χ3n) is 0. The summed E-state index contributed by atoms with van der Waals surface area (Å²) < 4.78 is 0. The van der Waals surface area contributed by atoms with E-state index in [1.807, 2.05) is 0 Å². The van der Waals surface area contributed by atoms with Crippen molar-refractivity contribution in [3.8, 4) is 0 Å². The number of rotatable bonds is 0. The van der Waals surface area contributed by atoms with E-state index in [9.17, 15) is 0 Å². The zero-order valence-corrected chi connectivity index (χ0v) is 4.62. The van der Waals surface area contributed by atoms with Gasteiger partial charge in [-0.2, -0.15) is 0 Å². The summed E-state index contributed by atoms with van der Waals surface area (Å²) in [5.41, 5.74) is 0. The molecule has 0 aliphatic carbocycles. The van der Waals surface area contributed by atoms with E-state index in [1.165, 1.54) is 0 Å². The molecule has 0 saturated carbocycles. The largest absolute Gasteiger partial charge is 0.412 e. The van der Waals surface area contributed by atoms with E-state index in [0.29, 0.717) is 0 Å². The molecule has 0 amide bonds. The molecule has 40 valence electrons. The van der Waals surface area contributed by atoms with Crippen molar-refractivity contribution < 1.29 is 61.8 Å². The average Bonchev–Trinajstić information content (AvgIpc) is 0. The first-order valence-electron chi connectivity index (χ1n) is 0. The zero-order valence-electron chi connectivity index (χ0n) is 2.35. The average molecular weight is 229 g/mol. The number of hydrogen-bond acceptors (Lipinski definition) is 0. The van der Waals surface area contributed by atoms with Gasteiger partial charge in [-0.3, -0.25) is 0 Å². The molecule has 0 radical (unpaired) electrons. The van der Waals surface area contributed by atoms with Gasteiger partial charge in [-0.1, -0.05) is 0 Å². The maximum atomic E-state index is 0. The Labute approximate surface area is 61.5 Å². The summed E-state index contributed by atoms with van der Waals surface area (Å²) in [6.45, 7) is 0. The Kier molecular flexibility index (Phi) is 1600. The monoisotopic (exact) mass is 230 g/mol. The summed E-state index contributed by atoms with van der Waals surface area (Å²) in [5.74, 6) is 0. The van der Waals surface area contributed by atoms with Gasteiger partial charge in [0.15, 0.2) is 0 Å². The molecule has 0 aliphatic heterocycles. The standard InChI is InChI=1S/Gd.4H2O/h;4*1H2. The van der Waals surface area contributed by atoms with Gasteiger partial charge in [0.2, 0.25) is 0 Å². The van der Waals surface area contributed by atoms with Crippen molar-refractivity contribution in [3.05, 3.63) is 0 Å². The minimum Gasteiger partial charge on any atom is -0.412 e. The van der Waals surface area contributed by atoms with Gasteiger partial charge in [0.1, 0.15) is 0 Å². The SMILES string of the molecule is O.O.O.O.[Gd]. The summed E-state index contributed by atoms with van der Waals surface area (Å²) in [5, 5.41) is 0. The molecule has 0 aromatic heterocycles. The van der Waals surface area contributed by atoms with Crippen LogP contribution in [0.5, 0.6) is 0 Å². The van der Waals surface area contributed by atoms with Crippen LogP contribution in [0.15, 0.2) is 0 Å². The van der Waals surface area contributed by atoms with Crippen molar-refractivity contribution in [2.45, 2.75) is 0 Å². The van der Waals surface area contributed by atoms with Crippen LogP contribution in [0.3, 0.4) is 0 Å². The molecule has 0 fully saturated rings. The summed E-state index contributed by atoms with van der Waals surface area (Å²) in [4.78, 5) is 0. The van der Waals surface area contributed by atoms with Crippen LogP contribution in [-0.4, -0.2) is 21.9 Å². The summed E-state index contributed by atoms with van der Waals surface area (Å²) in [6.07, 6.45) is 0. The van der Waals surface area contributed by atoms with E-state index in [-0.39, 0.29) is 61.8 Å². The van der Waals surface area contributed by atoms with Crippen LogP contribution in [0.1, 0.15) is 0 Å². The van der Waals surface area contributed by atoms with E-state index in [4.69, 9.17) is 0 Å². The topological polar surface area (TPSA) is 126 Å². The first kappa shape index (κ1) is 121. The van der Waals surface area contributed by atoms with E-state index < -0.39 is 0 Å². The molecule has 5 heteroatoms. The Bertz CT molecular complexity index is 3.61. The van der Waals surface area contributed by atoms with E-state index in [2.05, 4.69) is 0 Å². The van der Waals surface area contributed by atoms with Crippen molar-refractivity contribution in [3.63, 3.8) is 0 Å². The summed E-state index contributed by atoms with van der Waals surface area (Å²) in [6, 6.07) is 0. The van der Waals surface area contributed by atoms with Gasteiger partial charge in [0.05, 0.1) is 0 Å². The van der Waals surface area contributed by atoms with Gasteiger partial charge in [-0.25, -0.2) is 0 Å². The minimum absolute atomic E-state index is 0. The molecule has 0 spiro atoms. The Hall–Kier alpha value is 1.16. The molecular weight excluding hydrogens is 221 g/mol. The first-order chi connectivity index (χ1) is 0. The molecule has 0 saturated heterocycles. The molecule has 8 N–H and O–H groups in total. The van der Waals surface area contributed by atoms with Crippen LogP contribution in [0.4, 0.5) is 0 Å². The molecule has 0 aromatic carbocycles. The molecule has 0 aliphatic rings. The van der Waals surface area contributed by atoms with Gasteiger partial charge >= 0.3 is 0 Å². The van der Waals surface area contributed by atoms with Crippen molar-refractivity contribution in [1.82, 2.24) is 0 Å². The molecule has 0 heterocycles. The first-order valence-corrected chi connectivity index (χ1v) is 0. The molecule has 4 nitrogen and oxygen atoms in total. The van der Waals surface area contributed by atoms with Crippen molar-refractivity contribution >= 4 is 0 Å². The molecule has 0 rings (SSSR count). The fourth-order valence-electron chi connectivity index (χ4n) is 0. The summed E-state index contributed by atoms with van der Waals surface area (Å²) in [7, 11) is 0. The quantitative estimate of drug-likeness (QED) is 0.412. The normalized spacial score (nSPS) is 0. The van der Waals surface area contributed by atoms with Crippen LogP contribution >= 0.6 is 0 Å². The Morgan fingerprint density at radius 3 is 0.400 bits per heavy atom. The second-order valence-electron chi connectivity index (χ2n) is 0. The van der Waals surface area contributed by atoms with Crippen LogP contribution in [-0.2, 0) is 0 Å². The molecule has 0 atom stereocenters.